The smallest absolute Gasteiger partial charge is 0.174 e. The van der Waals surface area contributed by atoms with Crippen molar-refractivity contribution >= 4 is 46.2 Å². The van der Waals surface area contributed by atoms with E-state index in [1.54, 1.807) is 0 Å². The summed E-state index contributed by atoms with van der Waals surface area (Å²) in [6.45, 7) is 2.13. The molecular weight excluding hydrogens is 457 g/mol. The van der Waals surface area contributed by atoms with Gasteiger partial charge in [-0.15, -0.1) is 0 Å². The van der Waals surface area contributed by atoms with Crippen LogP contribution in [0.5, 0.6) is 0 Å². The number of halogens is 2. The number of hydrogen-bond acceptors (Lipinski definition) is 1. The first kappa shape index (κ1) is 22.4. The van der Waals surface area contributed by atoms with E-state index in [1.165, 1.54) is 16.8 Å². The number of nitrogens with one attached hydrogen (secondary N) is 1. The van der Waals surface area contributed by atoms with Crippen LogP contribution in [-0.4, -0.2) is 14.6 Å². The molecule has 0 atom stereocenters. The molecule has 0 saturated heterocycles. The van der Waals surface area contributed by atoms with E-state index >= 15 is 0 Å². The predicted molar refractivity (Wildman–Crippen MR) is 138 cm³/mol. The van der Waals surface area contributed by atoms with E-state index in [0.717, 1.165) is 17.3 Å². The van der Waals surface area contributed by atoms with Crippen LogP contribution in [0.4, 0.5) is 5.69 Å². The molecule has 1 aromatic heterocycles. The highest BCUT2D eigenvalue weighted by Crippen LogP contribution is 2.19. The number of anilines is 1. The van der Waals surface area contributed by atoms with E-state index in [0.29, 0.717) is 23.2 Å². The lowest BCUT2D eigenvalue weighted by Gasteiger charge is -2.27. The molecule has 0 aliphatic carbocycles. The van der Waals surface area contributed by atoms with Crippen LogP contribution in [-0.2, 0) is 19.6 Å². The fraction of sp³-hybridized carbons (Fsp3) is 0.115. The van der Waals surface area contributed by atoms with Crippen LogP contribution in [0.15, 0.2) is 97.2 Å². The van der Waals surface area contributed by atoms with Crippen LogP contribution in [0.2, 0.25) is 10.0 Å². The summed E-state index contributed by atoms with van der Waals surface area (Å²) >= 11 is 18.0. The standard InChI is InChI=1S/C26H23Cl2N3S/c27-22-13-11-21(12-14-22)17-30-15-5-10-25(30)19-31(18-20-6-2-1-3-7-20)26(32)29-24-9-4-8-23(28)16-24/h1-16H,17-19H2,(H,29,32). The first-order chi connectivity index (χ1) is 15.6. The largest absolute Gasteiger partial charge is 0.345 e. The van der Waals surface area contributed by atoms with Crippen molar-refractivity contribution < 1.29 is 0 Å². The Labute approximate surface area is 204 Å². The maximum atomic E-state index is 6.15. The summed E-state index contributed by atoms with van der Waals surface area (Å²) < 4.78 is 2.24. The Morgan fingerprint density at radius 2 is 1.56 bits per heavy atom. The molecule has 0 aliphatic heterocycles. The van der Waals surface area contributed by atoms with Gasteiger partial charge >= 0.3 is 0 Å². The van der Waals surface area contributed by atoms with Crippen LogP contribution in [0, 0.1) is 0 Å². The number of benzene rings is 3. The maximum absolute atomic E-state index is 6.15. The second-order valence-corrected chi connectivity index (χ2v) is 8.80. The summed E-state index contributed by atoms with van der Waals surface area (Å²) in [5.41, 5.74) is 4.43. The van der Waals surface area contributed by atoms with E-state index in [9.17, 15) is 0 Å². The lowest BCUT2D eigenvalue weighted by Crippen LogP contribution is -2.34. The molecule has 0 unspecified atom stereocenters. The summed E-state index contributed by atoms with van der Waals surface area (Å²) in [7, 11) is 0. The van der Waals surface area contributed by atoms with Gasteiger partial charge in [-0.1, -0.05) is 71.7 Å². The Bertz CT molecular complexity index is 1170. The van der Waals surface area contributed by atoms with Crippen molar-refractivity contribution in [2.75, 3.05) is 5.32 Å². The topological polar surface area (TPSA) is 20.2 Å². The van der Waals surface area contributed by atoms with E-state index in [-0.39, 0.29) is 0 Å². The van der Waals surface area contributed by atoms with E-state index in [2.05, 4.69) is 57.4 Å². The molecule has 3 aromatic carbocycles. The van der Waals surface area contributed by atoms with Crippen LogP contribution < -0.4 is 5.32 Å². The molecule has 3 nitrogen and oxygen atoms in total. The number of aromatic nitrogens is 1. The average molecular weight is 480 g/mol. The quantitative estimate of drug-likeness (QED) is 0.282. The molecule has 1 heterocycles. The summed E-state index contributed by atoms with van der Waals surface area (Å²) in [6, 6.07) is 30.1. The monoisotopic (exact) mass is 479 g/mol. The van der Waals surface area contributed by atoms with Crippen LogP contribution >= 0.6 is 35.4 Å². The Morgan fingerprint density at radius 3 is 2.31 bits per heavy atom. The first-order valence-electron chi connectivity index (χ1n) is 10.3. The van der Waals surface area contributed by atoms with Crippen molar-refractivity contribution in [2.24, 2.45) is 0 Å². The molecule has 0 amide bonds. The zero-order valence-electron chi connectivity index (χ0n) is 17.4. The zero-order valence-corrected chi connectivity index (χ0v) is 19.7. The molecule has 4 rings (SSSR count). The molecule has 0 radical (unpaired) electrons. The van der Waals surface area contributed by atoms with Gasteiger partial charge in [-0.2, -0.15) is 0 Å². The minimum Gasteiger partial charge on any atom is -0.345 e. The van der Waals surface area contributed by atoms with Gasteiger partial charge in [-0.3, -0.25) is 0 Å². The third kappa shape index (κ3) is 6.13. The third-order valence-electron chi connectivity index (χ3n) is 5.12. The predicted octanol–water partition coefficient (Wildman–Crippen LogP) is 7.24. The number of thiocarbonyl (C=S) groups is 1. The summed E-state index contributed by atoms with van der Waals surface area (Å²) in [6.07, 6.45) is 2.10. The van der Waals surface area contributed by atoms with Gasteiger partial charge in [0.15, 0.2) is 5.11 Å². The second-order valence-electron chi connectivity index (χ2n) is 7.54. The average Bonchev–Trinajstić information content (AvgIpc) is 3.22. The summed E-state index contributed by atoms with van der Waals surface area (Å²) in [4.78, 5) is 2.17. The Morgan fingerprint density at radius 1 is 0.781 bits per heavy atom. The fourth-order valence-electron chi connectivity index (χ4n) is 3.50. The molecule has 162 valence electrons. The second kappa shape index (κ2) is 10.7. The highest BCUT2D eigenvalue weighted by Gasteiger charge is 2.14. The Kier molecular flexibility index (Phi) is 7.48. The molecule has 0 fully saturated rings. The van der Waals surface area contributed by atoms with Crippen LogP contribution in [0.25, 0.3) is 0 Å². The van der Waals surface area contributed by atoms with Gasteiger partial charge in [0, 0.05) is 40.7 Å². The van der Waals surface area contributed by atoms with Crippen molar-refractivity contribution in [3.63, 3.8) is 0 Å². The van der Waals surface area contributed by atoms with Gasteiger partial charge in [0.1, 0.15) is 0 Å². The highest BCUT2D eigenvalue weighted by atomic mass is 35.5. The summed E-state index contributed by atoms with van der Waals surface area (Å²) in [5, 5.41) is 5.40. The van der Waals surface area contributed by atoms with E-state index in [1.807, 2.05) is 54.6 Å². The molecule has 1 N–H and O–H groups in total. The van der Waals surface area contributed by atoms with Gasteiger partial charge in [-0.05, 0) is 65.8 Å². The molecule has 0 saturated carbocycles. The maximum Gasteiger partial charge on any atom is 0.174 e. The van der Waals surface area contributed by atoms with Crippen molar-refractivity contribution in [3.8, 4) is 0 Å². The third-order valence-corrected chi connectivity index (χ3v) is 5.97. The zero-order chi connectivity index (χ0) is 22.3. The lowest BCUT2D eigenvalue weighted by atomic mass is 10.2. The van der Waals surface area contributed by atoms with Crippen molar-refractivity contribution in [3.05, 3.63) is 124 Å². The van der Waals surface area contributed by atoms with E-state index in [4.69, 9.17) is 35.4 Å². The van der Waals surface area contributed by atoms with Gasteiger partial charge in [-0.25, -0.2) is 0 Å². The van der Waals surface area contributed by atoms with Crippen LogP contribution in [0.1, 0.15) is 16.8 Å². The fourth-order valence-corrected chi connectivity index (χ4v) is 4.06. The number of rotatable bonds is 7. The van der Waals surface area contributed by atoms with Gasteiger partial charge in [0.2, 0.25) is 0 Å². The minimum atomic E-state index is 0.648. The SMILES string of the molecule is S=C(Nc1cccc(Cl)c1)N(Cc1ccccc1)Cc1cccn1Cc1ccc(Cl)cc1. The Balaban J connectivity index is 1.54. The highest BCUT2D eigenvalue weighted by molar-refractivity contribution is 7.80. The molecule has 0 spiro atoms. The Hall–Kier alpha value is -2.79. The van der Waals surface area contributed by atoms with Crippen LogP contribution in [0.3, 0.4) is 0 Å². The molecule has 6 heteroatoms. The minimum absolute atomic E-state index is 0.648. The van der Waals surface area contributed by atoms with Gasteiger partial charge < -0.3 is 14.8 Å². The molecule has 0 aliphatic rings. The van der Waals surface area contributed by atoms with Gasteiger partial charge in [0.05, 0.1) is 6.54 Å². The van der Waals surface area contributed by atoms with Gasteiger partial charge in [0.25, 0.3) is 0 Å². The summed E-state index contributed by atoms with van der Waals surface area (Å²) in [5.74, 6) is 0. The molecule has 32 heavy (non-hydrogen) atoms. The molecule has 0 bridgehead atoms. The first-order valence-corrected chi connectivity index (χ1v) is 11.5. The molecular formula is C26H23Cl2N3S. The van der Waals surface area contributed by atoms with E-state index < -0.39 is 0 Å². The van der Waals surface area contributed by atoms with Crippen molar-refractivity contribution in [1.29, 1.82) is 0 Å². The van der Waals surface area contributed by atoms with Crippen molar-refractivity contribution in [1.82, 2.24) is 9.47 Å². The molecule has 4 aromatic rings. The van der Waals surface area contributed by atoms with Crippen molar-refractivity contribution in [2.45, 2.75) is 19.6 Å². The number of hydrogen-bond donors (Lipinski definition) is 1. The normalized spacial score (nSPS) is 10.7. The lowest BCUT2D eigenvalue weighted by molar-refractivity contribution is 0.399. The number of nitrogens with zero attached hydrogens (tertiary/aromatic N) is 2.